The average molecular weight is 305 g/mol. The number of rotatable bonds is 3. The molecule has 0 amide bonds. The maximum absolute atomic E-state index is 11.2. The standard InChI is InChI=1S/C13H13N3O2S.C2H6/c17-13(18)11-6-9(16-3-1-2-4-16)5-10(15-11)12-7-14-8-19-12;1-2/h5-8H,1-4H2,(H,17,18);1-2H3. The molecule has 2 aromatic rings. The van der Waals surface area contributed by atoms with Gasteiger partial charge < -0.3 is 10.0 Å². The Morgan fingerprint density at radius 3 is 2.57 bits per heavy atom. The molecule has 0 unspecified atom stereocenters. The summed E-state index contributed by atoms with van der Waals surface area (Å²) in [6, 6.07) is 3.60. The van der Waals surface area contributed by atoms with E-state index in [1.807, 2.05) is 19.9 Å². The van der Waals surface area contributed by atoms with Gasteiger partial charge in [-0.1, -0.05) is 13.8 Å². The van der Waals surface area contributed by atoms with Crippen LogP contribution in [0.25, 0.3) is 10.6 Å². The van der Waals surface area contributed by atoms with Crippen LogP contribution in [0.15, 0.2) is 23.8 Å². The lowest BCUT2D eigenvalue weighted by molar-refractivity contribution is 0.0690. The van der Waals surface area contributed by atoms with E-state index in [2.05, 4.69) is 14.9 Å². The highest BCUT2D eigenvalue weighted by Gasteiger charge is 2.17. The predicted molar refractivity (Wildman–Crippen MR) is 85.1 cm³/mol. The fourth-order valence-electron chi connectivity index (χ4n) is 2.25. The van der Waals surface area contributed by atoms with Gasteiger partial charge in [0.1, 0.15) is 0 Å². The lowest BCUT2D eigenvalue weighted by atomic mass is 10.2. The van der Waals surface area contributed by atoms with Gasteiger partial charge in [-0.3, -0.25) is 4.98 Å². The molecule has 0 radical (unpaired) electrons. The van der Waals surface area contributed by atoms with E-state index in [1.54, 1.807) is 17.8 Å². The van der Waals surface area contributed by atoms with Gasteiger partial charge in [-0.2, -0.15) is 0 Å². The number of carboxylic acids is 1. The minimum absolute atomic E-state index is 0.0906. The molecule has 2 aromatic heterocycles. The first kappa shape index (κ1) is 15.4. The lowest BCUT2D eigenvalue weighted by Gasteiger charge is -2.18. The summed E-state index contributed by atoms with van der Waals surface area (Å²) in [5.74, 6) is -0.994. The third-order valence-electron chi connectivity index (χ3n) is 3.19. The van der Waals surface area contributed by atoms with Crippen molar-refractivity contribution in [3.05, 3.63) is 29.5 Å². The second kappa shape index (κ2) is 7.17. The summed E-state index contributed by atoms with van der Waals surface area (Å²) in [6.45, 7) is 5.95. The van der Waals surface area contributed by atoms with Gasteiger partial charge in [0, 0.05) is 25.0 Å². The molecule has 3 rings (SSSR count). The molecule has 1 saturated heterocycles. The Bertz CT molecular complexity index is 593. The summed E-state index contributed by atoms with van der Waals surface area (Å²) in [4.78, 5) is 22.5. The highest BCUT2D eigenvalue weighted by atomic mass is 32.1. The van der Waals surface area contributed by atoms with Crippen molar-refractivity contribution < 1.29 is 9.90 Å². The minimum atomic E-state index is -0.994. The SMILES string of the molecule is CC.O=C(O)c1cc(N2CCCC2)cc(-c2cncs2)n1. The van der Waals surface area contributed by atoms with E-state index in [0.717, 1.165) is 36.5 Å². The van der Waals surface area contributed by atoms with Crippen LogP contribution in [-0.4, -0.2) is 34.1 Å². The monoisotopic (exact) mass is 305 g/mol. The van der Waals surface area contributed by atoms with E-state index >= 15 is 0 Å². The smallest absolute Gasteiger partial charge is 0.354 e. The number of anilines is 1. The van der Waals surface area contributed by atoms with E-state index in [4.69, 9.17) is 0 Å². The first-order chi connectivity index (χ1) is 10.2. The Morgan fingerprint density at radius 2 is 2.00 bits per heavy atom. The second-order valence-electron chi connectivity index (χ2n) is 4.46. The maximum atomic E-state index is 11.2. The summed E-state index contributed by atoms with van der Waals surface area (Å²) in [6.07, 6.45) is 4.02. The average Bonchev–Trinajstić information content (AvgIpc) is 3.22. The zero-order chi connectivity index (χ0) is 15.2. The zero-order valence-electron chi connectivity index (χ0n) is 12.2. The van der Waals surface area contributed by atoms with Crippen molar-refractivity contribution in [3.63, 3.8) is 0 Å². The molecule has 0 spiro atoms. The molecule has 1 aliphatic rings. The number of thiazole rings is 1. The van der Waals surface area contributed by atoms with Gasteiger partial charge in [0.15, 0.2) is 5.69 Å². The topological polar surface area (TPSA) is 66.3 Å². The van der Waals surface area contributed by atoms with Crippen molar-refractivity contribution in [1.29, 1.82) is 0 Å². The van der Waals surface area contributed by atoms with Gasteiger partial charge in [-0.15, -0.1) is 11.3 Å². The van der Waals surface area contributed by atoms with Crippen molar-refractivity contribution in [2.45, 2.75) is 26.7 Å². The minimum Gasteiger partial charge on any atom is -0.477 e. The molecule has 1 aliphatic heterocycles. The van der Waals surface area contributed by atoms with Gasteiger partial charge in [-0.25, -0.2) is 9.78 Å². The predicted octanol–water partition coefficient (Wildman–Crippen LogP) is 3.53. The van der Waals surface area contributed by atoms with Crippen LogP contribution in [0.3, 0.4) is 0 Å². The summed E-state index contributed by atoms with van der Waals surface area (Å²) in [7, 11) is 0. The van der Waals surface area contributed by atoms with Gasteiger partial charge >= 0.3 is 5.97 Å². The summed E-state index contributed by atoms with van der Waals surface area (Å²) in [5.41, 5.74) is 3.44. The molecular weight excluding hydrogens is 286 g/mol. The fraction of sp³-hybridized carbons (Fsp3) is 0.400. The van der Waals surface area contributed by atoms with Crippen molar-refractivity contribution in [2.75, 3.05) is 18.0 Å². The molecule has 3 heterocycles. The third kappa shape index (κ3) is 3.58. The highest BCUT2D eigenvalue weighted by molar-refractivity contribution is 7.13. The number of hydrogen-bond acceptors (Lipinski definition) is 5. The molecule has 0 aliphatic carbocycles. The number of pyridine rings is 1. The first-order valence-corrected chi connectivity index (χ1v) is 8.01. The van der Waals surface area contributed by atoms with Crippen LogP contribution in [0.1, 0.15) is 37.2 Å². The number of aromatic carboxylic acids is 1. The van der Waals surface area contributed by atoms with E-state index < -0.39 is 5.97 Å². The zero-order valence-corrected chi connectivity index (χ0v) is 13.1. The molecule has 0 aromatic carbocycles. The number of aromatic nitrogens is 2. The molecule has 21 heavy (non-hydrogen) atoms. The highest BCUT2D eigenvalue weighted by Crippen LogP contribution is 2.28. The number of carbonyl (C=O) groups is 1. The molecule has 1 N–H and O–H groups in total. The Balaban J connectivity index is 0.000000774. The Hall–Kier alpha value is -1.95. The number of hydrogen-bond donors (Lipinski definition) is 1. The van der Waals surface area contributed by atoms with E-state index in [1.165, 1.54) is 11.3 Å². The van der Waals surface area contributed by atoms with Crippen LogP contribution < -0.4 is 4.90 Å². The quantitative estimate of drug-likeness (QED) is 0.939. The molecule has 0 atom stereocenters. The molecule has 0 bridgehead atoms. The Kier molecular flexibility index (Phi) is 5.27. The lowest BCUT2D eigenvalue weighted by Crippen LogP contribution is -2.18. The normalized spacial score (nSPS) is 13.7. The van der Waals surface area contributed by atoms with Crippen LogP contribution in [0.2, 0.25) is 0 Å². The van der Waals surface area contributed by atoms with E-state index in [9.17, 15) is 9.90 Å². The summed E-state index contributed by atoms with van der Waals surface area (Å²) in [5, 5.41) is 9.18. The van der Waals surface area contributed by atoms with E-state index in [-0.39, 0.29) is 5.69 Å². The molecular formula is C15H19N3O2S. The van der Waals surface area contributed by atoms with Crippen molar-refractivity contribution >= 4 is 23.0 Å². The van der Waals surface area contributed by atoms with Crippen LogP contribution >= 0.6 is 11.3 Å². The molecule has 112 valence electrons. The van der Waals surface area contributed by atoms with Gasteiger partial charge in [0.05, 0.1) is 16.1 Å². The number of carboxylic acid groups (broad SMARTS) is 1. The molecule has 0 saturated carbocycles. The molecule has 1 fully saturated rings. The molecule has 5 nitrogen and oxygen atoms in total. The van der Waals surface area contributed by atoms with Crippen LogP contribution in [-0.2, 0) is 0 Å². The summed E-state index contributed by atoms with van der Waals surface area (Å²) >= 11 is 1.46. The largest absolute Gasteiger partial charge is 0.477 e. The fourth-order valence-corrected chi connectivity index (χ4v) is 2.83. The van der Waals surface area contributed by atoms with Gasteiger partial charge in [-0.05, 0) is 25.0 Å². The summed E-state index contributed by atoms with van der Waals surface area (Å²) < 4.78 is 0. The Labute approximate surface area is 128 Å². The van der Waals surface area contributed by atoms with Crippen LogP contribution in [0, 0.1) is 0 Å². The third-order valence-corrected chi connectivity index (χ3v) is 3.98. The maximum Gasteiger partial charge on any atom is 0.354 e. The molecule has 6 heteroatoms. The van der Waals surface area contributed by atoms with Gasteiger partial charge in [0.25, 0.3) is 0 Å². The van der Waals surface area contributed by atoms with Gasteiger partial charge in [0.2, 0.25) is 0 Å². The number of nitrogens with zero attached hydrogens (tertiary/aromatic N) is 3. The second-order valence-corrected chi connectivity index (χ2v) is 5.35. The Morgan fingerprint density at radius 1 is 1.29 bits per heavy atom. The van der Waals surface area contributed by atoms with Crippen LogP contribution in [0.4, 0.5) is 5.69 Å². The van der Waals surface area contributed by atoms with Crippen molar-refractivity contribution in [3.8, 4) is 10.6 Å². The van der Waals surface area contributed by atoms with Crippen molar-refractivity contribution in [1.82, 2.24) is 9.97 Å². The van der Waals surface area contributed by atoms with Crippen LogP contribution in [0.5, 0.6) is 0 Å². The first-order valence-electron chi connectivity index (χ1n) is 7.13. The van der Waals surface area contributed by atoms with Crippen molar-refractivity contribution in [2.24, 2.45) is 0 Å². The van der Waals surface area contributed by atoms with E-state index in [0.29, 0.717) is 5.69 Å².